The third-order valence-electron chi connectivity index (χ3n) is 3.80. The summed E-state index contributed by atoms with van der Waals surface area (Å²) in [6.07, 6.45) is 3.10. The SMILES string of the molecule is CN=C(NCCc1ccccc1Cl)NCC1(C)CCCO1. The van der Waals surface area contributed by atoms with E-state index in [0.717, 1.165) is 55.5 Å². The Bertz CT molecular complexity index is 484. The molecule has 1 unspecified atom stereocenters. The van der Waals surface area contributed by atoms with Gasteiger partial charge < -0.3 is 15.4 Å². The Hall–Kier alpha value is -1.26. The number of nitrogens with zero attached hydrogens (tertiary/aromatic N) is 1. The highest BCUT2D eigenvalue weighted by Crippen LogP contribution is 2.23. The minimum absolute atomic E-state index is 0.0691. The molecule has 0 radical (unpaired) electrons. The van der Waals surface area contributed by atoms with Gasteiger partial charge in [0.1, 0.15) is 0 Å². The van der Waals surface area contributed by atoms with Crippen LogP contribution in [0.2, 0.25) is 5.02 Å². The van der Waals surface area contributed by atoms with E-state index in [0.29, 0.717) is 0 Å². The number of ether oxygens (including phenoxy) is 1. The topological polar surface area (TPSA) is 45.7 Å². The standard InChI is InChI=1S/C16H24ClN3O/c1-16(9-5-11-21-16)12-20-15(18-2)19-10-8-13-6-3-4-7-14(13)17/h3-4,6-7H,5,8-12H2,1-2H3,(H2,18,19,20). The Balaban J connectivity index is 1.74. The van der Waals surface area contributed by atoms with Crippen LogP contribution >= 0.6 is 11.6 Å². The van der Waals surface area contributed by atoms with Crippen LogP contribution in [0.5, 0.6) is 0 Å². The molecule has 0 spiro atoms. The van der Waals surface area contributed by atoms with Crippen molar-refractivity contribution >= 4 is 17.6 Å². The maximum absolute atomic E-state index is 6.15. The third kappa shape index (κ3) is 4.90. The van der Waals surface area contributed by atoms with Gasteiger partial charge in [0.15, 0.2) is 5.96 Å². The second-order valence-corrected chi connectivity index (χ2v) is 6.00. The van der Waals surface area contributed by atoms with Crippen LogP contribution in [0, 0.1) is 0 Å². The highest BCUT2D eigenvalue weighted by atomic mass is 35.5. The van der Waals surface area contributed by atoms with Crippen molar-refractivity contribution in [3.8, 4) is 0 Å². The number of guanidine groups is 1. The Morgan fingerprint density at radius 3 is 2.86 bits per heavy atom. The maximum atomic E-state index is 6.15. The van der Waals surface area contributed by atoms with Crippen LogP contribution in [-0.4, -0.2) is 38.3 Å². The number of rotatable bonds is 5. The molecular weight excluding hydrogens is 286 g/mol. The summed E-state index contributed by atoms with van der Waals surface area (Å²) in [7, 11) is 1.78. The van der Waals surface area contributed by atoms with E-state index in [2.05, 4.69) is 22.5 Å². The van der Waals surface area contributed by atoms with Gasteiger partial charge in [-0.15, -0.1) is 0 Å². The molecule has 2 rings (SSSR count). The first-order valence-corrected chi connectivity index (χ1v) is 7.83. The lowest BCUT2D eigenvalue weighted by molar-refractivity contribution is 0.0243. The fraction of sp³-hybridized carbons (Fsp3) is 0.562. The Kier molecular flexibility index (Phi) is 5.88. The van der Waals surface area contributed by atoms with Gasteiger partial charge in [-0.2, -0.15) is 0 Å². The van der Waals surface area contributed by atoms with Crippen molar-refractivity contribution in [2.75, 3.05) is 26.7 Å². The molecule has 1 aromatic rings. The van der Waals surface area contributed by atoms with E-state index < -0.39 is 0 Å². The molecule has 2 N–H and O–H groups in total. The zero-order chi connectivity index (χ0) is 15.1. The average Bonchev–Trinajstić information content (AvgIpc) is 2.91. The number of halogens is 1. The van der Waals surface area contributed by atoms with Gasteiger partial charge >= 0.3 is 0 Å². The zero-order valence-corrected chi connectivity index (χ0v) is 13.5. The van der Waals surface area contributed by atoms with E-state index in [-0.39, 0.29) is 5.60 Å². The summed E-state index contributed by atoms with van der Waals surface area (Å²) >= 11 is 6.15. The fourth-order valence-electron chi connectivity index (χ4n) is 2.48. The molecule has 1 atom stereocenters. The number of benzene rings is 1. The highest BCUT2D eigenvalue weighted by Gasteiger charge is 2.29. The number of hydrogen-bond donors (Lipinski definition) is 2. The van der Waals surface area contributed by atoms with Crippen LogP contribution < -0.4 is 10.6 Å². The van der Waals surface area contributed by atoms with Gasteiger partial charge in [0.25, 0.3) is 0 Å². The monoisotopic (exact) mass is 309 g/mol. The molecule has 0 aromatic heterocycles. The quantitative estimate of drug-likeness (QED) is 0.649. The molecule has 1 saturated heterocycles. The van der Waals surface area contributed by atoms with Crippen molar-refractivity contribution in [1.82, 2.24) is 10.6 Å². The van der Waals surface area contributed by atoms with Gasteiger partial charge in [-0.05, 0) is 37.8 Å². The van der Waals surface area contributed by atoms with Crippen LogP contribution in [-0.2, 0) is 11.2 Å². The summed E-state index contributed by atoms with van der Waals surface area (Å²) in [6.45, 7) is 4.57. The van der Waals surface area contributed by atoms with Crippen LogP contribution in [0.25, 0.3) is 0 Å². The van der Waals surface area contributed by atoms with Crippen molar-refractivity contribution in [2.45, 2.75) is 31.8 Å². The van der Waals surface area contributed by atoms with Gasteiger partial charge in [-0.3, -0.25) is 4.99 Å². The van der Waals surface area contributed by atoms with Gasteiger partial charge in [-0.25, -0.2) is 0 Å². The fourth-order valence-corrected chi connectivity index (χ4v) is 2.71. The van der Waals surface area contributed by atoms with E-state index in [1.54, 1.807) is 7.05 Å². The van der Waals surface area contributed by atoms with Gasteiger partial charge in [0.05, 0.1) is 5.60 Å². The van der Waals surface area contributed by atoms with Crippen molar-refractivity contribution in [1.29, 1.82) is 0 Å². The zero-order valence-electron chi connectivity index (χ0n) is 12.8. The minimum atomic E-state index is -0.0691. The van der Waals surface area contributed by atoms with Gasteiger partial charge in [-0.1, -0.05) is 29.8 Å². The molecule has 0 aliphatic carbocycles. The summed E-state index contributed by atoms with van der Waals surface area (Å²) in [6, 6.07) is 7.92. The van der Waals surface area contributed by atoms with E-state index in [1.165, 1.54) is 0 Å². The van der Waals surface area contributed by atoms with E-state index in [9.17, 15) is 0 Å². The lowest BCUT2D eigenvalue weighted by Crippen LogP contribution is -2.45. The molecule has 1 aliphatic heterocycles. The summed E-state index contributed by atoms with van der Waals surface area (Å²) < 4.78 is 5.76. The van der Waals surface area contributed by atoms with Crippen LogP contribution in [0.15, 0.2) is 29.3 Å². The van der Waals surface area contributed by atoms with Crippen molar-refractivity contribution in [3.63, 3.8) is 0 Å². The first kappa shape index (κ1) is 16.1. The molecule has 21 heavy (non-hydrogen) atoms. The molecule has 1 fully saturated rings. The highest BCUT2D eigenvalue weighted by molar-refractivity contribution is 6.31. The molecule has 1 aromatic carbocycles. The largest absolute Gasteiger partial charge is 0.373 e. The second kappa shape index (κ2) is 7.66. The summed E-state index contributed by atoms with van der Waals surface area (Å²) in [5, 5.41) is 7.46. The number of hydrogen-bond acceptors (Lipinski definition) is 2. The Labute approximate surface area is 131 Å². The van der Waals surface area contributed by atoms with Crippen LogP contribution in [0.3, 0.4) is 0 Å². The molecule has 0 saturated carbocycles. The molecule has 116 valence electrons. The second-order valence-electron chi connectivity index (χ2n) is 5.60. The number of aliphatic imine (C=N–C) groups is 1. The molecule has 4 nitrogen and oxygen atoms in total. The Morgan fingerprint density at radius 2 is 2.19 bits per heavy atom. The van der Waals surface area contributed by atoms with Gasteiger partial charge in [0, 0.05) is 31.8 Å². The lowest BCUT2D eigenvalue weighted by Gasteiger charge is -2.24. The van der Waals surface area contributed by atoms with Crippen molar-refractivity contribution < 1.29 is 4.74 Å². The van der Waals surface area contributed by atoms with Crippen LogP contribution in [0.1, 0.15) is 25.3 Å². The first-order chi connectivity index (χ1) is 10.1. The van der Waals surface area contributed by atoms with E-state index in [1.807, 2.05) is 24.3 Å². The molecule has 5 heteroatoms. The summed E-state index contributed by atoms with van der Waals surface area (Å²) in [4.78, 5) is 4.24. The smallest absolute Gasteiger partial charge is 0.191 e. The third-order valence-corrected chi connectivity index (χ3v) is 4.17. The molecule has 1 aliphatic rings. The predicted molar refractivity (Wildman–Crippen MR) is 88.1 cm³/mol. The normalized spacial score (nSPS) is 22.3. The summed E-state index contributed by atoms with van der Waals surface area (Å²) in [5.74, 6) is 0.804. The lowest BCUT2D eigenvalue weighted by atomic mass is 10.0. The minimum Gasteiger partial charge on any atom is -0.373 e. The van der Waals surface area contributed by atoms with E-state index >= 15 is 0 Å². The van der Waals surface area contributed by atoms with Gasteiger partial charge in [0.2, 0.25) is 0 Å². The maximum Gasteiger partial charge on any atom is 0.191 e. The van der Waals surface area contributed by atoms with Crippen molar-refractivity contribution in [3.05, 3.63) is 34.9 Å². The van der Waals surface area contributed by atoms with E-state index in [4.69, 9.17) is 16.3 Å². The predicted octanol–water partition coefficient (Wildman–Crippen LogP) is 2.62. The summed E-state index contributed by atoms with van der Waals surface area (Å²) in [5.41, 5.74) is 1.08. The average molecular weight is 310 g/mol. The molecule has 0 bridgehead atoms. The molecular formula is C16H24ClN3O. The molecule has 1 heterocycles. The Morgan fingerprint density at radius 1 is 1.38 bits per heavy atom. The number of nitrogens with one attached hydrogen (secondary N) is 2. The molecule has 0 amide bonds. The first-order valence-electron chi connectivity index (χ1n) is 7.45. The van der Waals surface area contributed by atoms with Crippen molar-refractivity contribution in [2.24, 2.45) is 4.99 Å². The van der Waals surface area contributed by atoms with Crippen LogP contribution in [0.4, 0.5) is 0 Å².